The van der Waals surface area contributed by atoms with Gasteiger partial charge < -0.3 is 15.0 Å². The molecule has 1 fully saturated rings. The first-order valence-electron chi connectivity index (χ1n) is 6.24. The van der Waals surface area contributed by atoms with E-state index in [2.05, 4.69) is 24.1 Å². The van der Waals surface area contributed by atoms with Gasteiger partial charge in [0.25, 0.3) is 0 Å². The van der Waals surface area contributed by atoms with E-state index < -0.39 is 0 Å². The zero-order chi connectivity index (χ0) is 11.1. The Kier molecular flexibility index (Phi) is 6.22. The summed E-state index contributed by atoms with van der Waals surface area (Å²) in [5.74, 6) is 0.732. The van der Waals surface area contributed by atoms with Crippen molar-refractivity contribution in [1.82, 2.24) is 10.2 Å². The lowest BCUT2D eigenvalue weighted by Gasteiger charge is -2.34. The molecule has 0 spiro atoms. The maximum atomic E-state index is 5.70. The van der Waals surface area contributed by atoms with Crippen molar-refractivity contribution in [3.63, 3.8) is 0 Å². The van der Waals surface area contributed by atoms with Crippen molar-refractivity contribution in [2.24, 2.45) is 5.92 Å². The molecule has 1 saturated heterocycles. The van der Waals surface area contributed by atoms with Gasteiger partial charge in [-0.05, 0) is 45.8 Å². The van der Waals surface area contributed by atoms with Crippen molar-refractivity contribution < 1.29 is 4.74 Å². The number of hydrogen-bond acceptors (Lipinski definition) is 3. The van der Waals surface area contributed by atoms with Crippen LogP contribution < -0.4 is 5.32 Å². The number of likely N-dealkylation sites (tertiary alicyclic amines) is 1. The van der Waals surface area contributed by atoms with Crippen LogP contribution in [0.3, 0.4) is 0 Å². The van der Waals surface area contributed by atoms with Crippen molar-refractivity contribution in [3.05, 3.63) is 0 Å². The molecule has 3 heteroatoms. The first kappa shape index (κ1) is 12.9. The Hall–Kier alpha value is -0.120. The molecule has 0 aromatic heterocycles. The molecule has 1 aliphatic rings. The van der Waals surface area contributed by atoms with Crippen molar-refractivity contribution in [3.8, 4) is 0 Å². The topological polar surface area (TPSA) is 24.5 Å². The van der Waals surface area contributed by atoms with Gasteiger partial charge in [-0.25, -0.2) is 0 Å². The Bertz CT molecular complexity index is 160. The van der Waals surface area contributed by atoms with Gasteiger partial charge in [0.15, 0.2) is 0 Å². The molecular weight excluding hydrogens is 188 g/mol. The molecule has 15 heavy (non-hydrogen) atoms. The highest BCUT2D eigenvalue weighted by Gasteiger charge is 2.20. The summed E-state index contributed by atoms with van der Waals surface area (Å²) < 4.78 is 5.70. The van der Waals surface area contributed by atoms with Crippen molar-refractivity contribution in [2.75, 3.05) is 39.8 Å². The minimum absolute atomic E-state index is 0.477. The van der Waals surface area contributed by atoms with Crippen molar-refractivity contribution in [2.45, 2.75) is 32.8 Å². The van der Waals surface area contributed by atoms with Gasteiger partial charge >= 0.3 is 0 Å². The standard InChI is InChI=1S/C12H26N2O/c1-4-15-12-6-5-7-14(10-12)9-11(2)8-13-3/h11-13H,4-10H2,1-3H3. The van der Waals surface area contributed by atoms with E-state index in [9.17, 15) is 0 Å². The third-order valence-corrected chi connectivity index (χ3v) is 2.99. The molecule has 0 aromatic rings. The minimum Gasteiger partial charge on any atom is -0.377 e. The van der Waals surface area contributed by atoms with Crippen LogP contribution in [-0.2, 0) is 4.74 Å². The van der Waals surface area contributed by atoms with Crippen LogP contribution in [0, 0.1) is 5.92 Å². The average Bonchev–Trinajstić information content (AvgIpc) is 2.19. The first-order chi connectivity index (χ1) is 7.26. The van der Waals surface area contributed by atoms with Gasteiger partial charge in [0, 0.05) is 19.7 Å². The summed E-state index contributed by atoms with van der Waals surface area (Å²) >= 11 is 0. The SMILES string of the molecule is CCOC1CCCN(CC(C)CNC)C1. The van der Waals surface area contributed by atoms with Gasteiger partial charge in [0.1, 0.15) is 0 Å². The Morgan fingerprint density at radius 3 is 3.00 bits per heavy atom. The second-order valence-electron chi connectivity index (χ2n) is 4.64. The molecule has 3 nitrogen and oxygen atoms in total. The Morgan fingerprint density at radius 1 is 1.53 bits per heavy atom. The zero-order valence-corrected chi connectivity index (χ0v) is 10.5. The number of rotatable bonds is 6. The van der Waals surface area contributed by atoms with Crippen LogP contribution in [0.15, 0.2) is 0 Å². The van der Waals surface area contributed by atoms with Crippen LogP contribution in [0.25, 0.3) is 0 Å². The minimum atomic E-state index is 0.477. The summed E-state index contributed by atoms with van der Waals surface area (Å²) in [4.78, 5) is 2.55. The molecule has 1 rings (SSSR count). The number of ether oxygens (including phenoxy) is 1. The fraction of sp³-hybridized carbons (Fsp3) is 1.00. The molecule has 0 amide bonds. The molecule has 1 heterocycles. The third kappa shape index (κ3) is 4.96. The van der Waals surface area contributed by atoms with Crippen LogP contribution >= 0.6 is 0 Å². The molecule has 2 unspecified atom stereocenters. The highest BCUT2D eigenvalue weighted by atomic mass is 16.5. The Labute approximate surface area is 94.2 Å². The summed E-state index contributed by atoms with van der Waals surface area (Å²) in [6.45, 7) is 9.92. The van der Waals surface area contributed by atoms with Crippen molar-refractivity contribution >= 4 is 0 Å². The lowest BCUT2D eigenvalue weighted by molar-refractivity contribution is 0.00257. The van der Waals surface area contributed by atoms with E-state index in [0.29, 0.717) is 6.10 Å². The van der Waals surface area contributed by atoms with Crippen LogP contribution in [0.4, 0.5) is 0 Å². The van der Waals surface area contributed by atoms with E-state index in [1.807, 2.05) is 7.05 Å². The van der Waals surface area contributed by atoms with E-state index >= 15 is 0 Å². The molecule has 0 aromatic carbocycles. The Balaban J connectivity index is 2.23. The lowest BCUT2D eigenvalue weighted by Crippen LogP contribution is -2.42. The van der Waals surface area contributed by atoms with Gasteiger partial charge in [-0.3, -0.25) is 0 Å². The van der Waals surface area contributed by atoms with Gasteiger partial charge in [0.2, 0.25) is 0 Å². The van der Waals surface area contributed by atoms with Crippen LogP contribution in [0.1, 0.15) is 26.7 Å². The molecule has 1 N–H and O–H groups in total. The maximum absolute atomic E-state index is 5.70. The van der Waals surface area contributed by atoms with E-state index in [1.165, 1.54) is 25.9 Å². The molecule has 1 aliphatic heterocycles. The monoisotopic (exact) mass is 214 g/mol. The van der Waals surface area contributed by atoms with E-state index in [-0.39, 0.29) is 0 Å². The Morgan fingerprint density at radius 2 is 2.33 bits per heavy atom. The van der Waals surface area contributed by atoms with Crippen molar-refractivity contribution in [1.29, 1.82) is 0 Å². The fourth-order valence-electron chi connectivity index (χ4n) is 2.40. The lowest BCUT2D eigenvalue weighted by atomic mass is 10.1. The van der Waals surface area contributed by atoms with E-state index in [4.69, 9.17) is 4.74 Å². The highest BCUT2D eigenvalue weighted by molar-refractivity contribution is 4.75. The summed E-state index contributed by atoms with van der Waals surface area (Å²) in [5, 5.41) is 3.24. The molecule has 0 bridgehead atoms. The van der Waals surface area contributed by atoms with Gasteiger partial charge in [-0.2, -0.15) is 0 Å². The number of hydrogen-bond donors (Lipinski definition) is 1. The third-order valence-electron chi connectivity index (χ3n) is 2.99. The summed E-state index contributed by atoms with van der Waals surface area (Å²) in [7, 11) is 2.02. The second kappa shape index (κ2) is 7.20. The van der Waals surface area contributed by atoms with Crippen LogP contribution in [0.5, 0.6) is 0 Å². The maximum Gasteiger partial charge on any atom is 0.0702 e. The highest BCUT2D eigenvalue weighted by Crippen LogP contribution is 2.14. The number of nitrogens with zero attached hydrogens (tertiary/aromatic N) is 1. The fourth-order valence-corrected chi connectivity index (χ4v) is 2.40. The van der Waals surface area contributed by atoms with Crippen LogP contribution in [0.2, 0.25) is 0 Å². The smallest absolute Gasteiger partial charge is 0.0702 e. The first-order valence-corrected chi connectivity index (χ1v) is 6.24. The summed E-state index contributed by atoms with van der Waals surface area (Å²) in [6, 6.07) is 0. The van der Waals surface area contributed by atoms with E-state index in [1.54, 1.807) is 0 Å². The molecule has 90 valence electrons. The van der Waals surface area contributed by atoms with Crippen LogP contribution in [-0.4, -0.2) is 50.8 Å². The average molecular weight is 214 g/mol. The predicted molar refractivity (Wildman–Crippen MR) is 64.2 cm³/mol. The molecule has 0 saturated carbocycles. The predicted octanol–water partition coefficient (Wildman–Crippen LogP) is 1.34. The number of nitrogens with one attached hydrogen (secondary N) is 1. The summed E-state index contributed by atoms with van der Waals surface area (Å²) in [5.41, 5.74) is 0. The second-order valence-corrected chi connectivity index (χ2v) is 4.64. The van der Waals surface area contributed by atoms with Gasteiger partial charge in [-0.1, -0.05) is 6.92 Å². The molecule has 0 radical (unpaired) electrons. The number of piperidine rings is 1. The zero-order valence-electron chi connectivity index (χ0n) is 10.5. The molecule has 2 atom stereocenters. The normalized spacial score (nSPS) is 25.4. The molecule has 0 aliphatic carbocycles. The summed E-state index contributed by atoms with van der Waals surface area (Å²) in [6.07, 6.45) is 3.01. The van der Waals surface area contributed by atoms with E-state index in [0.717, 1.165) is 25.6 Å². The quantitative estimate of drug-likeness (QED) is 0.722. The van der Waals surface area contributed by atoms with Gasteiger partial charge in [0.05, 0.1) is 6.10 Å². The molecular formula is C12H26N2O. The largest absolute Gasteiger partial charge is 0.377 e. The van der Waals surface area contributed by atoms with Gasteiger partial charge in [-0.15, -0.1) is 0 Å².